The molecule has 0 unspecified atom stereocenters. The number of rotatable bonds is 5. The highest BCUT2D eigenvalue weighted by Gasteiger charge is 2.31. The molecule has 1 fully saturated rings. The zero-order valence-corrected chi connectivity index (χ0v) is 15.7. The smallest absolute Gasteiger partial charge is 0.220 e. The van der Waals surface area contributed by atoms with Crippen LogP contribution in [0.15, 0.2) is 16.8 Å². The summed E-state index contributed by atoms with van der Waals surface area (Å²) in [4.78, 5) is 24.2. The van der Waals surface area contributed by atoms with E-state index in [0.717, 1.165) is 22.5 Å². The van der Waals surface area contributed by atoms with Crippen LogP contribution in [0.25, 0.3) is 0 Å². The molecule has 2 aromatic rings. The maximum atomic E-state index is 12.5. The summed E-state index contributed by atoms with van der Waals surface area (Å²) in [6.45, 7) is 4.00. The second-order valence-corrected chi connectivity index (χ2v) is 7.37. The first-order valence-electron chi connectivity index (χ1n) is 8.55. The molecule has 7 heteroatoms. The first kappa shape index (κ1) is 17.7. The SMILES string of the molecule is Cc1nn(C)c(C)c1CCC(=O)N[C@@H]1CCC(=O)N[C@H]1c1ccsc1. The topological polar surface area (TPSA) is 76.0 Å². The number of thiophene rings is 1. The Balaban J connectivity index is 1.62. The minimum absolute atomic E-state index is 0.0176. The summed E-state index contributed by atoms with van der Waals surface area (Å²) in [6, 6.07) is 1.80. The predicted molar refractivity (Wildman–Crippen MR) is 97.4 cm³/mol. The average molecular weight is 360 g/mol. The molecule has 1 aliphatic heterocycles. The van der Waals surface area contributed by atoms with E-state index in [-0.39, 0.29) is 23.9 Å². The van der Waals surface area contributed by atoms with Crippen LogP contribution in [0.3, 0.4) is 0 Å². The monoisotopic (exact) mass is 360 g/mol. The number of nitrogens with one attached hydrogen (secondary N) is 2. The molecule has 2 atom stereocenters. The van der Waals surface area contributed by atoms with Crippen LogP contribution < -0.4 is 10.6 Å². The summed E-state index contributed by atoms with van der Waals surface area (Å²) in [6.07, 6.45) is 2.23. The Morgan fingerprint density at radius 2 is 2.28 bits per heavy atom. The Labute approximate surface area is 151 Å². The van der Waals surface area contributed by atoms with Crippen molar-refractivity contribution in [3.8, 4) is 0 Å². The van der Waals surface area contributed by atoms with Gasteiger partial charge in [0.15, 0.2) is 0 Å². The lowest BCUT2D eigenvalue weighted by Gasteiger charge is -2.32. The summed E-state index contributed by atoms with van der Waals surface area (Å²) >= 11 is 1.60. The molecule has 25 heavy (non-hydrogen) atoms. The molecule has 0 radical (unpaired) electrons. The molecular weight excluding hydrogens is 336 g/mol. The zero-order valence-electron chi connectivity index (χ0n) is 14.8. The maximum Gasteiger partial charge on any atom is 0.220 e. The lowest BCUT2D eigenvalue weighted by atomic mass is 9.93. The van der Waals surface area contributed by atoms with Gasteiger partial charge in [-0.25, -0.2) is 0 Å². The van der Waals surface area contributed by atoms with Crippen LogP contribution in [-0.2, 0) is 23.1 Å². The number of aromatic nitrogens is 2. The Kier molecular flexibility index (Phi) is 5.22. The van der Waals surface area contributed by atoms with E-state index >= 15 is 0 Å². The number of hydrogen-bond donors (Lipinski definition) is 2. The van der Waals surface area contributed by atoms with Gasteiger partial charge in [0.05, 0.1) is 17.8 Å². The van der Waals surface area contributed by atoms with E-state index in [0.29, 0.717) is 25.7 Å². The van der Waals surface area contributed by atoms with Gasteiger partial charge < -0.3 is 10.6 Å². The molecule has 0 aromatic carbocycles. The maximum absolute atomic E-state index is 12.5. The zero-order chi connectivity index (χ0) is 18.0. The fourth-order valence-electron chi connectivity index (χ4n) is 3.42. The summed E-state index contributed by atoms with van der Waals surface area (Å²) in [5.41, 5.74) is 4.28. The van der Waals surface area contributed by atoms with E-state index in [1.807, 2.05) is 42.4 Å². The highest BCUT2D eigenvalue weighted by atomic mass is 32.1. The molecule has 6 nitrogen and oxygen atoms in total. The summed E-state index contributed by atoms with van der Waals surface area (Å²) < 4.78 is 1.85. The first-order valence-corrected chi connectivity index (χ1v) is 9.50. The number of aryl methyl sites for hydroxylation is 2. The molecule has 2 amide bonds. The van der Waals surface area contributed by atoms with Crippen molar-refractivity contribution in [2.75, 3.05) is 0 Å². The van der Waals surface area contributed by atoms with Crippen molar-refractivity contribution in [3.63, 3.8) is 0 Å². The molecule has 1 aliphatic rings. The van der Waals surface area contributed by atoms with Crippen LogP contribution in [-0.4, -0.2) is 27.6 Å². The fraction of sp³-hybridized carbons (Fsp3) is 0.500. The molecule has 0 aliphatic carbocycles. The van der Waals surface area contributed by atoms with Crippen LogP contribution in [0, 0.1) is 13.8 Å². The molecule has 0 bridgehead atoms. The van der Waals surface area contributed by atoms with Crippen LogP contribution in [0.2, 0.25) is 0 Å². The third kappa shape index (κ3) is 3.92. The van der Waals surface area contributed by atoms with E-state index in [1.165, 1.54) is 0 Å². The Bertz CT molecular complexity index is 766. The van der Waals surface area contributed by atoms with Gasteiger partial charge in [-0.1, -0.05) is 0 Å². The van der Waals surface area contributed by atoms with Gasteiger partial charge >= 0.3 is 0 Å². The lowest BCUT2D eigenvalue weighted by molar-refractivity contribution is -0.127. The third-order valence-corrected chi connectivity index (χ3v) is 5.61. The molecular formula is C18H24N4O2S. The number of carbonyl (C=O) groups excluding carboxylic acids is 2. The Morgan fingerprint density at radius 3 is 2.92 bits per heavy atom. The normalized spacial score (nSPS) is 20.4. The van der Waals surface area contributed by atoms with Gasteiger partial charge in [-0.05, 0) is 54.6 Å². The van der Waals surface area contributed by atoms with Gasteiger partial charge in [0.25, 0.3) is 0 Å². The van der Waals surface area contributed by atoms with Gasteiger partial charge in [0.1, 0.15) is 0 Å². The van der Waals surface area contributed by atoms with E-state index in [2.05, 4.69) is 15.7 Å². The molecule has 3 heterocycles. The molecule has 0 spiro atoms. The van der Waals surface area contributed by atoms with Crippen molar-refractivity contribution in [1.82, 2.24) is 20.4 Å². The summed E-state index contributed by atoms with van der Waals surface area (Å²) in [5.74, 6) is 0.0624. The van der Waals surface area contributed by atoms with Crippen molar-refractivity contribution in [3.05, 3.63) is 39.3 Å². The average Bonchev–Trinajstić information content (AvgIpc) is 3.17. The predicted octanol–water partition coefficient (Wildman–Crippen LogP) is 2.17. The van der Waals surface area contributed by atoms with Gasteiger partial charge in [0, 0.05) is 25.6 Å². The van der Waals surface area contributed by atoms with Gasteiger partial charge in [-0.15, -0.1) is 0 Å². The van der Waals surface area contributed by atoms with Crippen molar-refractivity contribution in [2.24, 2.45) is 7.05 Å². The number of carbonyl (C=O) groups is 2. The minimum Gasteiger partial charge on any atom is -0.351 e. The van der Waals surface area contributed by atoms with Gasteiger partial charge in [0.2, 0.25) is 11.8 Å². The molecule has 3 rings (SSSR count). The number of piperidine rings is 1. The van der Waals surface area contributed by atoms with Crippen molar-refractivity contribution < 1.29 is 9.59 Å². The molecule has 0 saturated carbocycles. The summed E-state index contributed by atoms with van der Waals surface area (Å²) in [7, 11) is 1.92. The van der Waals surface area contributed by atoms with Crippen LogP contribution in [0.5, 0.6) is 0 Å². The van der Waals surface area contributed by atoms with Crippen molar-refractivity contribution in [2.45, 2.75) is 51.6 Å². The standard InChI is InChI=1S/C18H24N4O2S/c1-11-14(12(2)22(3)21-11)4-6-16(23)19-15-5-7-17(24)20-18(15)13-8-9-25-10-13/h8-10,15,18H,4-7H2,1-3H3,(H,19,23)(H,20,24)/t15-,18+/m1/s1. The molecule has 2 N–H and O–H groups in total. The second-order valence-electron chi connectivity index (χ2n) is 6.59. The minimum atomic E-state index is -0.140. The highest BCUT2D eigenvalue weighted by molar-refractivity contribution is 7.08. The third-order valence-electron chi connectivity index (χ3n) is 4.91. The molecule has 134 valence electrons. The van der Waals surface area contributed by atoms with Crippen molar-refractivity contribution in [1.29, 1.82) is 0 Å². The fourth-order valence-corrected chi connectivity index (χ4v) is 4.12. The van der Waals surface area contributed by atoms with Crippen LogP contribution in [0.1, 0.15) is 47.8 Å². The summed E-state index contributed by atoms with van der Waals surface area (Å²) in [5, 5.41) is 14.5. The number of hydrogen-bond acceptors (Lipinski definition) is 4. The number of nitrogens with zero attached hydrogens (tertiary/aromatic N) is 2. The van der Waals surface area contributed by atoms with E-state index in [9.17, 15) is 9.59 Å². The van der Waals surface area contributed by atoms with Gasteiger partial charge in [-0.3, -0.25) is 14.3 Å². The second kappa shape index (κ2) is 7.39. The largest absolute Gasteiger partial charge is 0.351 e. The lowest BCUT2D eigenvalue weighted by Crippen LogP contribution is -2.50. The van der Waals surface area contributed by atoms with E-state index in [4.69, 9.17) is 0 Å². The Morgan fingerprint density at radius 1 is 1.48 bits per heavy atom. The molecule has 2 aromatic heterocycles. The van der Waals surface area contributed by atoms with E-state index < -0.39 is 0 Å². The van der Waals surface area contributed by atoms with Crippen LogP contribution in [0.4, 0.5) is 0 Å². The van der Waals surface area contributed by atoms with Gasteiger partial charge in [-0.2, -0.15) is 16.4 Å². The van der Waals surface area contributed by atoms with Crippen LogP contribution >= 0.6 is 11.3 Å². The van der Waals surface area contributed by atoms with Crippen molar-refractivity contribution >= 4 is 23.2 Å². The highest BCUT2D eigenvalue weighted by Crippen LogP contribution is 2.26. The van der Waals surface area contributed by atoms with E-state index in [1.54, 1.807) is 11.3 Å². The first-order chi connectivity index (χ1) is 12.0. The quantitative estimate of drug-likeness (QED) is 0.858. The molecule has 1 saturated heterocycles. The number of amides is 2. The Hall–Kier alpha value is -2.15.